The van der Waals surface area contributed by atoms with Crippen LogP contribution in [0.4, 0.5) is 0 Å². The molecule has 356 valence electrons. The number of aliphatic hydroxyl groups is 3. The Kier molecular flexibility index (Phi) is 15.0. The maximum absolute atomic E-state index is 12.9. The fraction of sp³-hybridized carbons (Fsp3) is 0.593. The molecule has 1 spiro atoms. The molecule has 6 aliphatic rings. The lowest BCUT2D eigenvalue weighted by Gasteiger charge is -2.52. The average molecular weight is 904 g/mol. The Balaban J connectivity index is 1.27. The first kappa shape index (κ1) is 47.8. The van der Waals surface area contributed by atoms with E-state index in [2.05, 4.69) is 84.1 Å². The molecule has 3 aromatic rings. The summed E-state index contributed by atoms with van der Waals surface area (Å²) in [5.41, 5.74) is 12.9. The Labute approximate surface area is 391 Å². The van der Waals surface area contributed by atoms with Gasteiger partial charge in [0.1, 0.15) is 12.2 Å². The number of hydrogen-bond acceptors (Lipinski definition) is 12. The number of benzene rings is 3. The van der Waals surface area contributed by atoms with Crippen molar-refractivity contribution in [1.29, 1.82) is 0 Å². The minimum Gasteiger partial charge on any atom is -0.504 e. The average Bonchev–Trinajstić information content (AvgIpc) is 3.27. The van der Waals surface area contributed by atoms with Crippen LogP contribution in [0.2, 0.25) is 0 Å². The van der Waals surface area contributed by atoms with E-state index in [0.717, 1.165) is 63.6 Å². The Morgan fingerprint density at radius 1 is 1.05 bits per heavy atom. The van der Waals surface area contributed by atoms with Crippen LogP contribution < -0.4 is 26.4 Å². The molecule has 9 rings (SSSR count). The van der Waals surface area contributed by atoms with Crippen LogP contribution in [0.3, 0.4) is 0 Å². The third-order valence-electron chi connectivity index (χ3n) is 15.6. The normalized spacial score (nSPS) is 32.1. The summed E-state index contributed by atoms with van der Waals surface area (Å²) in [7, 11) is 0. The zero-order valence-corrected chi connectivity index (χ0v) is 39.5. The highest BCUT2D eigenvalue weighted by Gasteiger charge is 2.49. The van der Waals surface area contributed by atoms with Crippen LogP contribution >= 0.6 is 0 Å². The minimum absolute atomic E-state index is 0.0293. The van der Waals surface area contributed by atoms with Crippen molar-refractivity contribution in [3.8, 4) is 23.3 Å². The minimum atomic E-state index is -1.05. The Hall–Kier alpha value is -4.64. The number of carbonyl (C=O) groups is 1. The Morgan fingerprint density at radius 2 is 1.86 bits per heavy atom. The summed E-state index contributed by atoms with van der Waals surface area (Å²) in [6, 6.07) is 19.2. The molecule has 3 aromatic carbocycles. The highest BCUT2D eigenvalue weighted by molar-refractivity contribution is 5.78. The summed E-state index contributed by atoms with van der Waals surface area (Å²) in [4.78, 5) is 17.9. The Bertz CT molecular complexity index is 2270. The van der Waals surface area contributed by atoms with Crippen LogP contribution in [-0.4, -0.2) is 94.5 Å². The van der Waals surface area contributed by atoms with Gasteiger partial charge in [0.05, 0.1) is 30.8 Å². The molecule has 1 saturated carbocycles. The number of carbonyl (C=O) groups excluding carboxylic acids is 1. The van der Waals surface area contributed by atoms with Gasteiger partial charge in [-0.15, -0.1) is 0 Å². The topological polar surface area (TPSA) is 191 Å². The second-order valence-electron chi connectivity index (χ2n) is 20.6. The highest BCUT2D eigenvalue weighted by atomic mass is 16.5. The van der Waals surface area contributed by atoms with Gasteiger partial charge in [-0.1, -0.05) is 65.4 Å². The number of nitrogens with zero attached hydrogens (tertiary/aromatic N) is 1. The van der Waals surface area contributed by atoms with E-state index in [9.17, 15) is 25.2 Å². The van der Waals surface area contributed by atoms with E-state index in [-0.39, 0.29) is 73.1 Å². The number of phenolic OH excluding ortho intramolecular Hbond substituents is 1. The number of aliphatic imine (C=N–C) groups is 1. The van der Waals surface area contributed by atoms with Gasteiger partial charge in [-0.2, -0.15) is 0 Å². The van der Waals surface area contributed by atoms with Crippen molar-refractivity contribution in [1.82, 2.24) is 16.0 Å². The SMILES string of the molecule is CC(=O)O[C@H]1C[C@@H](O)CC[C@@]2([C@H](C)O)C#C[C@H]3C[C@H]4CC[C@H](NCCc5cccc(c5)[C@@H](Cc5cc(C)cc(C)c5)CNC(N)=NC2)[C@]2(C4)C[C@H](CCN2)Oc2cc(c(CO)cc2O)C[C@H]13. The number of piperidine rings is 1. The van der Waals surface area contributed by atoms with Crippen LogP contribution in [0.15, 0.2) is 59.6 Å². The van der Waals surface area contributed by atoms with Crippen LogP contribution in [-0.2, 0) is 35.4 Å². The number of esters is 1. The van der Waals surface area contributed by atoms with E-state index in [0.29, 0.717) is 37.1 Å². The maximum Gasteiger partial charge on any atom is 0.302 e. The zero-order valence-electron chi connectivity index (χ0n) is 39.5. The summed E-state index contributed by atoms with van der Waals surface area (Å²) in [6.45, 7) is 9.34. The lowest BCUT2D eigenvalue weighted by molar-refractivity contribution is -0.152. The highest BCUT2D eigenvalue weighted by Crippen LogP contribution is 2.46. The number of rotatable bonds is 5. The zero-order chi connectivity index (χ0) is 46.6. The van der Waals surface area contributed by atoms with Crippen LogP contribution in [0.1, 0.15) is 116 Å². The van der Waals surface area contributed by atoms with Crippen molar-refractivity contribution in [2.45, 2.75) is 153 Å². The number of hydrogen-bond donors (Lipinski definition) is 8. The molecule has 12 nitrogen and oxygen atoms in total. The van der Waals surface area contributed by atoms with Gasteiger partial charge in [0.25, 0.3) is 0 Å². The molecular weight excluding hydrogens is 831 g/mol. The molecule has 0 radical (unpaired) electrons. The Morgan fingerprint density at radius 3 is 2.64 bits per heavy atom. The van der Waals surface area contributed by atoms with Crippen molar-refractivity contribution in [3.05, 3.63) is 93.5 Å². The van der Waals surface area contributed by atoms with E-state index in [4.69, 9.17) is 20.2 Å². The number of nitrogens with one attached hydrogen (secondary N) is 3. The second kappa shape index (κ2) is 20.7. The number of aliphatic hydroxyl groups excluding tert-OH is 3. The number of ether oxygens (including phenoxy) is 2. The van der Waals surface area contributed by atoms with Crippen molar-refractivity contribution in [2.24, 2.45) is 33.9 Å². The molecule has 0 aromatic heterocycles. The molecule has 2 fully saturated rings. The molecule has 1 saturated heterocycles. The van der Waals surface area contributed by atoms with E-state index >= 15 is 0 Å². The third-order valence-corrected chi connectivity index (χ3v) is 15.6. The maximum atomic E-state index is 12.9. The first-order valence-electron chi connectivity index (χ1n) is 24.6. The summed E-state index contributed by atoms with van der Waals surface area (Å²) >= 11 is 0. The van der Waals surface area contributed by atoms with Crippen molar-refractivity contribution >= 4 is 11.9 Å². The van der Waals surface area contributed by atoms with Crippen LogP contribution in [0, 0.1) is 48.9 Å². The monoisotopic (exact) mass is 904 g/mol. The van der Waals surface area contributed by atoms with Crippen molar-refractivity contribution < 1.29 is 34.7 Å². The summed E-state index contributed by atoms with van der Waals surface area (Å²) in [6.07, 6.45) is 5.15. The first-order chi connectivity index (χ1) is 31.7. The molecule has 12 heteroatoms. The van der Waals surface area contributed by atoms with E-state index in [1.807, 2.05) is 6.07 Å². The number of phenols is 1. The van der Waals surface area contributed by atoms with Crippen molar-refractivity contribution in [2.75, 3.05) is 26.2 Å². The number of nitrogens with two attached hydrogens (primary N) is 1. The van der Waals surface area contributed by atoms with Crippen LogP contribution in [0.5, 0.6) is 11.5 Å². The van der Waals surface area contributed by atoms with Gasteiger partial charge in [-0.05, 0) is 144 Å². The predicted octanol–water partition coefficient (Wildman–Crippen LogP) is 5.64. The van der Waals surface area contributed by atoms with Gasteiger partial charge >= 0.3 is 5.97 Å². The van der Waals surface area contributed by atoms with Gasteiger partial charge in [0.2, 0.25) is 0 Å². The molecular formula is C54H73N5O7. The van der Waals surface area contributed by atoms with E-state index in [1.165, 1.54) is 34.7 Å². The van der Waals surface area contributed by atoms with E-state index in [1.54, 1.807) is 13.0 Å². The molecule has 2 aliphatic carbocycles. The number of guanidine groups is 1. The lowest BCUT2D eigenvalue weighted by atomic mass is 9.64. The molecule has 9 N–H and O–H groups in total. The first-order valence-corrected chi connectivity index (χ1v) is 24.6. The summed E-state index contributed by atoms with van der Waals surface area (Å²) in [5, 5.41) is 57.3. The van der Waals surface area contributed by atoms with Gasteiger partial charge in [-0.25, -0.2) is 0 Å². The number of aromatic hydroxyl groups is 1. The van der Waals surface area contributed by atoms with Gasteiger partial charge < -0.3 is 51.6 Å². The fourth-order valence-electron chi connectivity index (χ4n) is 12.2. The smallest absolute Gasteiger partial charge is 0.302 e. The predicted molar refractivity (Wildman–Crippen MR) is 257 cm³/mol. The molecule has 4 aliphatic heterocycles. The molecule has 10 bridgehead atoms. The molecule has 11 atom stereocenters. The second-order valence-corrected chi connectivity index (χ2v) is 20.6. The molecule has 66 heavy (non-hydrogen) atoms. The summed E-state index contributed by atoms with van der Waals surface area (Å²) in [5.74, 6) is 7.09. The lowest BCUT2D eigenvalue weighted by Crippen LogP contribution is -2.66. The number of fused-ring (bicyclic) bond motifs is 10. The largest absolute Gasteiger partial charge is 0.504 e. The molecule has 0 amide bonds. The summed E-state index contributed by atoms with van der Waals surface area (Å²) < 4.78 is 13.0. The molecule has 0 unspecified atom stereocenters. The third kappa shape index (κ3) is 11.2. The van der Waals surface area contributed by atoms with Crippen molar-refractivity contribution in [3.63, 3.8) is 0 Å². The van der Waals surface area contributed by atoms with Crippen LogP contribution in [0.25, 0.3) is 0 Å². The van der Waals surface area contributed by atoms with Gasteiger partial charge in [-0.3, -0.25) is 9.79 Å². The quantitative estimate of drug-likeness (QED) is 0.117. The molecule has 4 heterocycles. The van der Waals surface area contributed by atoms with Gasteiger partial charge in [0, 0.05) is 55.6 Å². The number of aryl methyl sites for hydroxylation is 2. The van der Waals surface area contributed by atoms with E-state index < -0.39 is 35.6 Å². The standard InChI is InChI=1S/C54H73N5O7/c1-33-18-34(2)20-39(19-33)23-43-30-57-52(55)58-32-53(35(3)61)14-10-41-22-38-8-9-51(56-16-12-37-6-5-7-40(43)21-37)54(28-38)29-46(13-17-59-54)66-50-26-42(44(31-60)25-48(50)64)24-47(41)49(65-36(4)62)27-45(63)11-15-53/h5-7,18-21,25-26,35,38,41,43,45-47,49,51,56,59-61,63-64H,8-9,11-13,15-17,22-24,27-32H2,1-4H3,(H3,55,57,58)/t35-,38+,41-,43-,45-,46-,47-,49-,51-,53-,54-/m0/s1. The fourth-order valence-corrected chi connectivity index (χ4v) is 12.2. The van der Waals surface area contributed by atoms with Gasteiger partial charge in [0.15, 0.2) is 17.5 Å².